The van der Waals surface area contributed by atoms with Crippen molar-refractivity contribution in [3.8, 4) is 0 Å². The summed E-state index contributed by atoms with van der Waals surface area (Å²) in [5, 5.41) is 5.97. The molecule has 32 heavy (non-hydrogen) atoms. The second-order valence-corrected chi connectivity index (χ2v) is 10.2. The van der Waals surface area contributed by atoms with Crippen LogP contribution in [0.25, 0.3) is 6.08 Å². The molecule has 6 heteroatoms. The maximum atomic E-state index is 12.5. The summed E-state index contributed by atoms with van der Waals surface area (Å²) in [5.41, 5.74) is 2.39. The zero-order valence-electron chi connectivity index (χ0n) is 18.8. The van der Waals surface area contributed by atoms with Crippen molar-refractivity contribution >= 4 is 35.3 Å². The van der Waals surface area contributed by atoms with E-state index in [-0.39, 0.29) is 11.8 Å². The molecule has 0 aliphatic carbocycles. The topological polar surface area (TPSA) is 62.6 Å². The number of anilines is 1. The summed E-state index contributed by atoms with van der Waals surface area (Å²) in [6, 6.07) is 15.2. The van der Waals surface area contributed by atoms with Gasteiger partial charge in [0, 0.05) is 35.3 Å². The number of fused-ring (bicyclic) bond motifs is 1. The summed E-state index contributed by atoms with van der Waals surface area (Å²) in [6.45, 7) is 9.00. The molecule has 2 aliphatic heterocycles. The minimum absolute atomic E-state index is 0.0432. The molecule has 168 valence electrons. The lowest BCUT2D eigenvalue weighted by Gasteiger charge is -2.32. The van der Waals surface area contributed by atoms with Gasteiger partial charge in [-0.3, -0.25) is 9.59 Å². The van der Waals surface area contributed by atoms with Gasteiger partial charge in [-0.1, -0.05) is 49.9 Å². The molecular formula is C26H32N3O2S+. The summed E-state index contributed by atoms with van der Waals surface area (Å²) in [5.74, 6) is 1.45. The Morgan fingerprint density at radius 2 is 1.84 bits per heavy atom. The van der Waals surface area contributed by atoms with Crippen molar-refractivity contribution in [2.45, 2.75) is 31.6 Å². The quantitative estimate of drug-likeness (QED) is 0.467. The number of nitrogens with one attached hydrogen (secondary N) is 3. The van der Waals surface area contributed by atoms with Gasteiger partial charge in [-0.2, -0.15) is 0 Å². The average molecular weight is 451 g/mol. The maximum absolute atomic E-state index is 12.5. The molecule has 3 N–H and O–H groups in total. The van der Waals surface area contributed by atoms with Gasteiger partial charge in [0.05, 0.1) is 30.2 Å². The minimum Gasteiger partial charge on any atom is -0.352 e. The Balaban J connectivity index is 1.27. The maximum Gasteiger partial charge on any atom is 0.262 e. The largest absolute Gasteiger partial charge is 0.352 e. The van der Waals surface area contributed by atoms with Crippen molar-refractivity contribution < 1.29 is 14.5 Å². The second-order valence-electron chi connectivity index (χ2n) is 9.15. The molecular weight excluding hydrogens is 418 g/mol. The van der Waals surface area contributed by atoms with E-state index in [9.17, 15) is 9.59 Å². The molecule has 0 aromatic heterocycles. The van der Waals surface area contributed by atoms with E-state index in [1.54, 1.807) is 4.90 Å². The van der Waals surface area contributed by atoms with E-state index in [1.807, 2.05) is 54.6 Å². The highest BCUT2D eigenvalue weighted by Gasteiger charge is 2.24. The summed E-state index contributed by atoms with van der Waals surface area (Å²) in [7, 11) is 0. The zero-order valence-corrected chi connectivity index (χ0v) is 19.6. The molecule has 2 atom stereocenters. The lowest BCUT2D eigenvalue weighted by molar-refractivity contribution is -0.912. The van der Waals surface area contributed by atoms with Gasteiger partial charge in [-0.15, -0.1) is 0 Å². The Hall–Kier alpha value is -2.57. The number of likely N-dealkylation sites (tertiary alicyclic amines) is 1. The van der Waals surface area contributed by atoms with Crippen LogP contribution in [-0.2, 0) is 4.79 Å². The Bertz CT molecular complexity index is 992. The number of rotatable bonds is 6. The molecule has 2 aromatic carbocycles. The van der Waals surface area contributed by atoms with Crippen LogP contribution in [0.3, 0.4) is 0 Å². The van der Waals surface area contributed by atoms with Crippen molar-refractivity contribution in [1.82, 2.24) is 5.32 Å². The average Bonchev–Trinajstić information content (AvgIpc) is 2.77. The highest BCUT2D eigenvalue weighted by molar-refractivity contribution is 8.04. The molecule has 4 rings (SSSR count). The first-order valence-corrected chi connectivity index (χ1v) is 12.3. The number of quaternary nitrogens is 1. The minimum atomic E-state index is -0.102. The number of piperidine rings is 1. The molecule has 5 nitrogen and oxygen atoms in total. The second kappa shape index (κ2) is 10.4. The van der Waals surface area contributed by atoms with Crippen molar-refractivity contribution in [3.63, 3.8) is 0 Å². The van der Waals surface area contributed by atoms with Crippen molar-refractivity contribution in [1.29, 1.82) is 0 Å². The van der Waals surface area contributed by atoms with Crippen LogP contribution in [0.1, 0.15) is 42.6 Å². The van der Waals surface area contributed by atoms with Gasteiger partial charge in [0.25, 0.3) is 11.8 Å². The number of carbonyl (C=O) groups excluding carboxylic acids is 2. The first-order chi connectivity index (χ1) is 15.5. The molecule has 0 saturated carbocycles. The third kappa shape index (κ3) is 5.81. The van der Waals surface area contributed by atoms with E-state index in [0.717, 1.165) is 40.9 Å². The fourth-order valence-electron chi connectivity index (χ4n) is 4.75. The van der Waals surface area contributed by atoms with E-state index >= 15 is 0 Å². The first-order valence-electron chi connectivity index (χ1n) is 11.5. The van der Waals surface area contributed by atoms with Crippen LogP contribution in [0.2, 0.25) is 0 Å². The third-order valence-corrected chi connectivity index (χ3v) is 7.22. The number of amides is 2. The Morgan fingerprint density at radius 3 is 2.59 bits per heavy atom. The molecule has 0 bridgehead atoms. The summed E-state index contributed by atoms with van der Waals surface area (Å²) in [4.78, 5) is 28.2. The smallest absolute Gasteiger partial charge is 0.262 e. The fourth-order valence-corrected chi connectivity index (χ4v) is 5.71. The van der Waals surface area contributed by atoms with Gasteiger partial charge in [0.15, 0.2) is 0 Å². The summed E-state index contributed by atoms with van der Waals surface area (Å²) >= 11 is 1.46. The normalized spacial score (nSPS) is 24.0. The third-order valence-electron chi connectivity index (χ3n) is 6.12. The van der Waals surface area contributed by atoms with Gasteiger partial charge >= 0.3 is 0 Å². The number of benzene rings is 2. The lowest BCUT2D eigenvalue weighted by atomic mass is 9.92. The molecule has 1 saturated heterocycles. The van der Waals surface area contributed by atoms with E-state index in [2.05, 4.69) is 24.5 Å². The molecule has 2 aliphatic rings. The van der Waals surface area contributed by atoms with Crippen molar-refractivity contribution in [2.75, 3.05) is 31.5 Å². The van der Waals surface area contributed by atoms with Gasteiger partial charge in [-0.25, -0.2) is 0 Å². The first kappa shape index (κ1) is 22.6. The van der Waals surface area contributed by atoms with Crippen LogP contribution in [0.5, 0.6) is 0 Å². The number of carbonyl (C=O) groups is 2. The van der Waals surface area contributed by atoms with Gasteiger partial charge in [0.1, 0.15) is 0 Å². The number of thioether (sulfide) groups is 1. The van der Waals surface area contributed by atoms with Crippen LogP contribution in [-0.4, -0.2) is 38.0 Å². The molecule has 1 fully saturated rings. The number of hydrogen-bond donors (Lipinski definition) is 3. The van der Waals surface area contributed by atoms with Crippen molar-refractivity contribution in [2.24, 2.45) is 11.8 Å². The Labute approximate surface area is 194 Å². The van der Waals surface area contributed by atoms with Crippen LogP contribution < -0.4 is 15.5 Å². The standard InChI is InChI=1S/C26H31N3O2S/c1-18-14-19(2)17-29(16-18)13-5-12-27-25(30)21-10-8-20(9-11-21)15-24-26(31)28-22-6-3-4-7-23(22)32-24/h3-4,6-11,15,18-19H,5,12-14,16-17H2,1-2H3,(H,27,30)(H,28,31)/p+1. The van der Waals surface area contributed by atoms with E-state index in [4.69, 9.17) is 0 Å². The van der Waals surface area contributed by atoms with Crippen LogP contribution in [0.4, 0.5) is 5.69 Å². The Kier molecular flexibility index (Phi) is 7.33. The molecule has 2 unspecified atom stereocenters. The Morgan fingerprint density at radius 1 is 1.12 bits per heavy atom. The SMILES string of the molecule is CC1CC(C)C[NH+](CCCNC(=O)c2ccc(C=C3Sc4ccccc4NC3=O)cc2)C1. The highest BCUT2D eigenvalue weighted by Crippen LogP contribution is 2.38. The van der Waals surface area contributed by atoms with Gasteiger partial charge in [-0.05, 0) is 42.3 Å². The van der Waals surface area contributed by atoms with E-state index in [1.165, 1.54) is 31.3 Å². The summed E-state index contributed by atoms with van der Waals surface area (Å²) in [6.07, 6.45) is 4.20. The fraction of sp³-hybridized carbons (Fsp3) is 0.385. The molecule has 0 radical (unpaired) electrons. The molecule has 0 spiro atoms. The molecule has 2 amide bonds. The van der Waals surface area contributed by atoms with Crippen LogP contribution in [0, 0.1) is 11.8 Å². The summed E-state index contributed by atoms with van der Waals surface area (Å²) < 4.78 is 0. The van der Waals surface area contributed by atoms with Gasteiger partial charge in [0.2, 0.25) is 0 Å². The molecule has 2 aromatic rings. The predicted octanol–water partition coefficient (Wildman–Crippen LogP) is 3.45. The zero-order chi connectivity index (χ0) is 22.5. The van der Waals surface area contributed by atoms with Crippen molar-refractivity contribution in [3.05, 3.63) is 64.6 Å². The predicted molar refractivity (Wildman–Crippen MR) is 131 cm³/mol. The molecule has 2 heterocycles. The monoisotopic (exact) mass is 450 g/mol. The highest BCUT2D eigenvalue weighted by atomic mass is 32.2. The van der Waals surface area contributed by atoms with Crippen LogP contribution in [0.15, 0.2) is 58.3 Å². The number of para-hydroxylation sites is 1. The van der Waals surface area contributed by atoms with E-state index in [0.29, 0.717) is 17.0 Å². The van der Waals surface area contributed by atoms with Gasteiger partial charge < -0.3 is 15.5 Å². The van der Waals surface area contributed by atoms with E-state index < -0.39 is 0 Å². The lowest BCUT2D eigenvalue weighted by Crippen LogP contribution is -3.14. The van der Waals surface area contributed by atoms with Crippen LogP contribution >= 0.6 is 11.8 Å². The number of hydrogen-bond acceptors (Lipinski definition) is 3.